The average molecular weight is 439 g/mol. The highest BCUT2D eigenvalue weighted by atomic mass is 19.1. The van der Waals surface area contributed by atoms with Crippen LogP contribution in [0.25, 0.3) is 34.2 Å². The standard InChI is InChI=1S/C25H18FN5O2/c26-19-6-1-17(2-7-19)3-12-24(32)28-20-8-4-18(5-9-20)25-29-22-11-10-21(15-23(22)31(25)33)30-14-13-27-16-30/h1-16,33H,(H,28,32). The van der Waals surface area contributed by atoms with Crippen molar-refractivity contribution in [3.63, 3.8) is 0 Å². The number of hydrogen-bond acceptors (Lipinski definition) is 4. The number of hydrogen-bond donors (Lipinski definition) is 2. The van der Waals surface area contributed by atoms with Gasteiger partial charge in [0.25, 0.3) is 0 Å². The molecule has 5 aromatic rings. The van der Waals surface area contributed by atoms with E-state index in [2.05, 4.69) is 15.3 Å². The third kappa shape index (κ3) is 4.22. The lowest BCUT2D eigenvalue weighted by Gasteiger charge is -2.05. The zero-order valence-electron chi connectivity index (χ0n) is 17.3. The number of nitrogens with zero attached hydrogens (tertiary/aromatic N) is 4. The number of halogens is 1. The molecule has 162 valence electrons. The third-order valence-electron chi connectivity index (χ3n) is 5.12. The van der Waals surface area contributed by atoms with E-state index in [0.29, 0.717) is 28.1 Å². The van der Waals surface area contributed by atoms with Crippen LogP contribution in [0.3, 0.4) is 0 Å². The van der Waals surface area contributed by atoms with Gasteiger partial charge in [-0.3, -0.25) is 4.79 Å². The first-order valence-corrected chi connectivity index (χ1v) is 10.1. The van der Waals surface area contributed by atoms with Crippen molar-refractivity contribution in [1.82, 2.24) is 19.3 Å². The number of amides is 1. The molecule has 33 heavy (non-hydrogen) atoms. The van der Waals surface area contributed by atoms with E-state index in [-0.39, 0.29) is 11.7 Å². The lowest BCUT2D eigenvalue weighted by atomic mass is 10.2. The maximum atomic E-state index is 13.0. The molecule has 0 saturated carbocycles. The molecule has 0 bridgehead atoms. The van der Waals surface area contributed by atoms with E-state index in [1.807, 2.05) is 29.0 Å². The molecule has 5 rings (SSSR count). The number of anilines is 1. The first-order chi connectivity index (χ1) is 16.1. The zero-order valence-corrected chi connectivity index (χ0v) is 17.3. The second kappa shape index (κ2) is 8.43. The molecule has 0 saturated heterocycles. The van der Waals surface area contributed by atoms with Gasteiger partial charge in [0, 0.05) is 35.4 Å². The summed E-state index contributed by atoms with van der Waals surface area (Å²) in [7, 11) is 0. The summed E-state index contributed by atoms with van der Waals surface area (Å²) in [5, 5.41) is 13.5. The second-order valence-corrected chi connectivity index (χ2v) is 7.34. The van der Waals surface area contributed by atoms with Crippen LogP contribution in [-0.2, 0) is 4.79 Å². The minimum atomic E-state index is -0.327. The van der Waals surface area contributed by atoms with E-state index in [1.165, 1.54) is 18.2 Å². The van der Waals surface area contributed by atoms with Gasteiger partial charge in [-0.1, -0.05) is 12.1 Å². The monoisotopic (exact) mass is 439 g/mol. The molecule has 2 N–H and O–H groups in total. The largest absolute Gasteiger partial charge is 0.426 e. The highest BCUT2D eigenvalue weighted by Crippen LogP contribution is 2.26. The van der Waals surface area contributed by atoms with Crippen LogP contribution >= 0.6 is 0 Å². The predicted molar refractivity (Wildman–Crippen MR) is 124 cm³/mol. The van der Waals surface area contributed by atoms with Crippen LogP contribution in [0, 0.1) is 5.82 Å². The number of rotatable bonds is 5. The second-order valence-electron chi connectivity index (χ2n) is 7.34. The van der Waals surface area contributed by atoms with Crippen molar-refractivity contribution in [2.24, 2.45) is 0 Å². The van der Waals surface area contributed by atoms with E-state index in [0.717, 1.165) is 16.0 Å². The van der Waals surface area contributed by atoms with E-state index in [4.69, 9.17) is 0 Å². The van der Waals surface area contributed by atoms with Crippen molar-refractivity contribution >= 4 is 28.7 Å². The summed E-state index contributed by atoms with van der Waals surface area (Å²) in [6.07, 6.45) is 8.18. The minimum Gasteiger partial charge on any atom is -0.426 e. The lowest BCUT2D eigenvalue weighted by molar-refractivity contribution is -0.111. The Balaban J connectivity index is 1.33. The molecule has 0 aliphatic rings. The Bertz CT molecular complexity index is 1450. The Morgan fingerprint density at radius 1 is 1.03 bits per heavy atom. The number of carbonyl (C=O) groups is 1. The summed E-state index contributed by atoms with van der Waals surface area (Å²) in [6, 6.07) is 18.4. The van der Waals surface area contributed by atoms with Crippen LogP contribution < -0.4 is 5.32 Å². The SMILES string of the molecule is O=C(C=Cc1ccc(F)cc1)Nc1ccc(-c2nc3ccc(-n4ccnc4)cc3n2O)cc1. The molecule has 7 nitrogen and oxygen atoms in total. The van der Waals surface area contributed by atoms with E-state index >= 15 is 0 Å². The Kier molecular flexibility index (Phi) is 5.16. The fourth-order valence-electron chi connectivity index (χ4n) is 3.44. The van der Waals surface area contributed by atoms with Crippen LogP contribution in [0.5, 0.6) is 0 Å². The fourth-order valence-corrected chi connectivity index (χ4v) is 3.44. The van der Waals surface area contributed by atoms with E-state index in [9.17, 15) is 14.4 Å². The highest BCUT2D eigenvalue weighted by Gasteiger charge is 2.13. The molecule has 0 radical (unpaired) electrons. The number of aromatic nitrogens is 4. The van der Waals surface area contributed by atoms with Crippen molar-refractivity contribution in [2.75, 3.05) is 5.32 Å². The van der Waals surface area contributed by atoms with E-state index in [1.54, 1.807) is 55.0 Å². The van der Waals surface area contributed by atoms with Gasteiger partial charge < -0.3 is 15.1 Å². The Morgan fingerprint density at radius 3 is 2.55 bits per heavy atom. The zero-order chi connectivity index (χ0) is 22.8. The van der Waals surface area contributed by atoms with Gasteiger partial charge >= 0.3 is 0 Å². The number of benzene rings is 3. The minimum absolute atomic E-state index is 0.312. The van der Waals surface area contributed by atoms with Gasteiger partial charge in [0.1, 0.15) is 11.3 Å². The van der Waals surface area contributed by atoms with Crippen LogP contribution in [-0.4, -0.2) is 30.4 Å². The topological polar surface area (TPSA) is 85.0 Å². The first-order valence-electron chi connectivity index (χ1n) is 10.1. The molecule has 0 fully saturated rings. The maximum Gasteiger partial charge on any atom is 0.248 e. The Labute approximate surface area is 188 Å². The molecule has 1 amide bonds. The summed E-state index contributed by atoms with van der Waals surface area (Å²) in [6.45, 7) is 0. The molecule has 3 aromatic carbocycles. The summed E-state index contributed by atoms with van der Waals surface area (Å²) in [4.78, 5) is 20.7. The van der Waals surface area contributed by atoms with Crippen LogP contribution in [0.4, 0.5) is 10.1 Å². The molecular formula is C25H18FN5O2. The quantitative estimate of drug-likeness (QED) is 0.301. The average Bonchev–Trinajstić information content (AvgIpc) is 3.48. The highest BCUT2D eigenvalue weighted by molar-refractivity contribution is 6.02. The first kappa shape index (κ1) is 20.2. The van der Waals surface area contributed by atoms with Crippen molar-refractivity contribution in [3.8, 4) is 17.1 Å². The van der Waals surface area contributed by atoms with Gasteiger partial charge in [-0.05, 0) is 66.2 Å². The number of fused-ring (bicyclic) bond motifs is 1. The van der Waals surface area contributed by atoms with Gasteiger partial charge in [-0.15, -0.1) is 0 Å². The summed E-state index contributed by atoms with van der Waals surface area (Å²) >= 11 is 0. The van der Waals surface area contributed by atoms with Gasteiger partial charge in [0.05, 0.1) is 11.8 Å². The lowest BCUT2D eigenvalue weighted by Crippen LogP contribution is -2.07. The van der Waals surface area contributed by atoms with Crippen LogP contribution in [0.2, 0.25) is 0 Å². The van der Waals surface area contributed by atoms with Gasteiger partial charge in [-0.2, -0.15) is 4.73 Å². The van der Waals surface area contributed by atoms with Crippen LogP contribution in [0.1, 0.15) is 5.56 Å². The molecule has 0 aliphatic heterocycles. The molecule has 0 atom stereocenters. The number of carbonyl (C=O) groups excluding carboxylic acids is 1. The normalized spacial score (nSPS) is 11.3. The molecule has 8 heteroatoms. The van der Waals surface area contributed by atoms with Gasteiger partial charge in [-0.25, -0.2) is 14.4 Å². The van der Waals surface area contributed by atoms with Crippen molar-refractivity contribution in [1.29, 1.82) is 0 Å². The van der Waals surface area contributed by atoms with Crippen LogP contribution in [0.15, 0.2) is 91.5 Å². The Hall–Kier alpha value is -4.72. The molecule has 0 unspecified atom stereocenters. The maximum absolute atomic E-state index is 13.0. The molecule has 2 heterocycles. The number of nitrogens with one attached hydrogen (secondary N) is 1. The third-order valence-corrected chi connectivity index (χ3v) is 5.12. The van der Waals surface area contributed by atoms with Gasteiger partial charge in [0.2, 0.25) is 5.91 Å². The van der Waals surface area contributed by atoms with E-state index < -0.39 is 0 Å². The van der Waals surface area contributed by atoms with Crippen molar-refractivity contribution in [3.05, 3.63) is 103 Å². The fraction of sp³-hybridized carbons (Fsp3) is 0. The van der Waals surface area contributed by atoms with Gasteiger partial charge in [0.15, 0.2) is 5.82 Å². The molecule has 0 spiro atoms. The van der Waals surface area contributed by atoms with Crippen molar-refractivity contribution < 1.29 is 14.4 Å². The predicted octanol–water partition coefficient (Wildman–Crippen LogP) is 4.92. The Morgan fingerprint density at radius 2 is 1.82 bits per heavy atom. The summed E-state index contributed by atoms with van der Waals surface area (Å²) in [5.74, 6) is -0.248. The van der Waals surface area contributed by atoms with Crippen molar-refractivity contribution in [2.45, 2.75) is 0 Å². The smallest absolute Gasteiger partial charge is 0.248 e. The molecule has 2 aromatic heterocycles. The molecule has 0 aliphatic carbocycles. The number of imidazole rings is 2. The summed E-state index contributed by atoms with van der Waals surface area (Å²) < 4.78 is 15.9. The molecular weight excluding hydrogens is 421 g/mol. The summed E-state index contributed by atoms with van der Waals surface area (Å²) in [5.41, 5.74) is 4.08.